The van der Waals surface area contributed by atoms with Gasteiger partial charge in [-0.1, -0.05) is 0 Å². The average molecular weight is 296 g/mol. The predicted molar refractivity (Wildman–Crippen MR) is 78.4 cm³/mol. The van der Waals surface area contributed by atoms with E-state index in [-0.39, 0.29) is 18.0 Å². The molecule has 0 unspecified atom stereocenters. The van der Waals surface area contributed by atoms with Gasteiger partial charge in [-0.25, -0.2) is 0 Å². The van der Waals surface area contributed by atoms with Crippen molar-refractivity contribution < 1.29 is 19.1 Å². The lowest BCUT2D eigenvalue weighted by molar-refractivity contribution is -0.166. The van der Waals surface area contributed by atoms with E-state index in [0.29, 0.717) is 31.0 Å². The summed E-state index contributed by atoms with van der Waals surface area (Å²) in [6.45, 7) is 10.5. The minimum Gasteiger partial charge on any atom is -0.346 e. The molecule has 0 atom stereocenters. The highest BCUT2D eigenvalue weighted by Crippen LogP contribution is 2.16. The van der Waals surface area contributed by atoms with Crippen molar-refractivity contribution in [1.29, 1.82) is 0 Å². The molecule has 6 heteroatoms. The number of hydrogen-bond donors (Lipinski definition) is 0. The number of ether oxygens (including phenoxy) is 2. The molecule has 1 heterocycles. The van der Waals surface area contributed by atoms with E-state index >= 15 is 0 Å². The monoisotopic (exact) mass is 296 g/mol. The lowest BCUT2D eigenvalue weighted by Gasteiger charge is -2.15. The van der Waals surface area contributed by atoms with Crippen molar-refractivity contribution in [2.75, 3.05) is 13.2 Å². The van der Waals surface area contributed by atoms with Crippen molar-refractivity contribution in [2.45, 2.75) is 53.9 Å². The third-order valence-corrected chi connectivity index (χ3v) is 3.19. The van der Waals surface area contributed by atoms with Crippen LogP contribution in [0.15, 0.2) is 0 Å². The number of rotatable bonds is 9. The fourth-order valence-corrected chi connectivity index (χ4v) is 2.28. The first-order chi connectivity index (χ1) is 9.96. The highest BCUT2D eigenvalue weighted by molar-refractivity contribution is 6.09. The smallest absolute Gasteiger partial charge is 0.218 e. The van der Waals surface area contributed by atoms with E-state index in [4.69, 9.17) is 9.47 Å². The van der Waals surface area contributed by atoms with Gasteiger partial charge in [0.1, 0.15) is 0 Å². The molecular formula is C15H24N2O4. The number of carbonyl (C=O) groups excluding carboxylic acids is 2. The molecule has 0 amide bonds. The van der Waals surface area contributed by atoms with Crippen LogP contribution in [0.4, 0.5) is 0 Å². The van der Waals surface area contributed by atoms with Gasteiger partial charge in [-0.15, -0.1) is 0 Å². The number of hydrogen-bond acceptors (Lipinski definition) is 5. The molecule has 6 nitrogen and oxygen atoms in total. The van der Waals surface area contributed by atoms with E-state index in [1.807, 2.05) is 13.8 Å². The Morgan fingerprint density at radius 1 is 1.14 bits per heavy atom. The predicted octanol–water partition coefficient (Wildman–Crippen LogP) is 2.06. The van der Waals surface area contributed by atoms with Gasteiger partial charge < -0.3 is 9.47 Å². The quantitative estimate of drug-likeness (QED) is 0.396. The zero-order valence-electron chi connectivity index (χ0n) is 13.4. The van der Waals surface area contributed by atoms with Gasteiger partial charge >= 0.3 is 0 Å². The van der Waals surface area contributed by atoms with E-state index < -0.39 is 6.29 Å². The van der Waals surface area contributed by atoms with Crippen LogP contribution < -0.4 is 0 Å². The maximum atomic E-state index is 12.4. The molecule has 0 spiro atoms. The normalized spacial score (nSPS) is 11.1. The SMILES string of the molecule is CCOC(OCC)C(=O)CC(=O)c1c(C)nn(CC)c1C. The van der Waals surface area contributed by atoms with Gasteiger partial charge in [0.2, 0.25) is 6.29 Å². The van der Waals surface area contributed by atoms with Gasteiger partial charge in [-0.05, 0) is 34.6 Å². The molecule has 0 aromatic carbocycles. The molecule has 0 radical (unpaired) electrons. The third-order valence-electron chi connectivity index (χ3n) is 3.19. The van der Waals surface area contributed by atoms with Crippen LogP contribution in [0.25, 0.3) is 0 Å². The summed E-state index contributed by atoms with van der Waals surface area (Å²) in [6.07, 6.45) is -1.20. The van der Waals surface area contributed by atoms with Gasteiger partial charge in [0.05, 0.1) is 17.7 Å². The lowest BCUT2D eigenvalue weighted by atomic mass is 10.0. The molecular weight excluding hydrogens is 272 g/mol. The van der Waals surface area contributed by atoms with E-state index in [1.165, 1.54) is 0 Å². The minimum absolute atomic E-state index is 0.234. The van der Waals surface area contributed by atoms with Crippen LogP contribution in [0.1, 0.15) is 48.9 Å². The molecule has 0 aliphatic carbocycles. The second kappa shape index (κ2) is 8.05. The van der Waals surface area contributed by atoms with Crippen molar-refractivity contribution in [3.05, 3.63) is 17.0 Å². The average Bonchev–Trinajstić information content (AvgIpc) is 2.72. The number of ketones is 2. The summed E-state index contributed by atoms with van der Waals surface area (Å²) in [4.78, 5) is 24.5. The van der Waals surface area contributed by atoms with E-state index in [0.717, 1.165) is 5.69 Å². The van der Waals surface area contributed by atoms with Crippen LogP contribution in [0, 0.1) is 13.8 Å². The Morgan fingerprint density at radius 2 is 1.71 bits per heavy atom. The topological polar surface area (TPSA) is 70.4 Å². The fourth-order valence-electron chi connectivity index (χ4n) is 2.28. The summed E-state index contributed by atoms with van der Waals surface area (Å²) in [5.41, 5.74) is 1.96. The summed E-state index contributed by atoms with van der Waals surface area (Å²) < 4.78 is 12.2. The molecule has 0 fully saturated rings. The Kier molecular flexibility index (Phi) is 6.71. The van der Waals surface area contributed by atoms with Gasteiger partial charge in [0, 0.05) is 25.5 Å². The first-order valence-electron chi connectivity index (χ1n) is 7.29. The standard InChI is InChI=1S/C15H24N2O4/c1-6-17-11(5)14(10(4)16-17)12(18)9-13(19)15(20-7-2)21-8-3/h15H,6-9H2,1-5H3. The van der Waals surface area contributed by atoms with Crippen LogP contribution in [-0.2, 0) is 20.8 Å². The highest BCUT2D eigenvalue weighted by Gasteiger charge is 2.25. The largest absolute Gasteiger partial charge is 0.346 e. The van der Waals surface area contributed by atoms with Crippen molar-refractivity contribution in [3.8, 4) is 0 Å². The van der Waals surface area contributed by atoms with Crippen LogP contribution in [-0.4, -0.2) is 40.9 Å². The van der Waals surface area contributed by atoms with Gasteiger partial charge in [0.15, 0.2) is 11.6 Å². The van der Waals surface area contributed by atoms with Crippen molar-refractivity contribution in [1.82, 2.24) is 9.78 Å². The molecule has 0 saturated carbocycles. The van der Waals surface area contributed by atoms with Crippen LogP contribution in [0.2, 0.25) is 0 Å². The number of carbonyl (C=O) groups is 2. The Labute approximate surface area is 125 Å². The zero-order chi connectivity index (χ0) is 16.0. The number of aryl methyl sites for hydroxylation is 2. The second-order valence-electron chi connectivity index (χ2n) is 4.67. The van der Waals surface area contributed by atoms with Gasteiger partial charge in [-0.3, -0.25) is 14.3 Å². The fraction of sp³-hybridized carbons (Fsp3) is 0.667. The summed E-state index contributed by atoms with van der Waals surface area (Å²) in [7, 11) is 0. The molecule has 118 valence electrons. The minimum atomic E-state index is -0.967. The number of Topliss-reactive ketones (excluding diaryl/α,β-unsaturated/α-hetero) is 2. The molecule has 0 saturated heterocycles. The molecule has 0 aliphatic heterocycles. The Bertz CT molecular complexity index is 502. The molecule has 1 aromatic rings. The first-order valence-corrected chi connectivity index (χ1v) is 7.29. The maximum absolute atomic E-state index is 12.4. The summed E-state index contributed by atoms with van der Waals surface area (Å²) in [5.74, 6) is -0.592. The molecule has 0 N–H and O–H groups in total. The number of nitrogens with zero attached hydrogens (tertiary/aromatic N) is 2. The summed E-state index contributed by atoms with van der Waals surface area (Å²) in [6, 6.07) is 0. The van der Waals surface area contributed by atoms with Crippen LogP contribution in [0.3, 0.4) is 0 Å². The van der Waals surface area contributed by atoms with Crippen LogP contribution >= 0.6 is 0 Å². The molecule has 21 heavy (non-hydrogen) atoms. The Morgan fingerprint density at radius 3 is 2.14 bits per heavy atom. The maximum Gasteiger partial charge on any atom is 0.218 e. The summed E-state index contributed by atoms with van der Waals surface area (Å²) in [5, 5.41) is 4.30. The Balaban J connectivity index is 2.85. The van der Waals surface area contributed by atoms with Gasteiger partial charge in [-0.2, -0.15) is 5.10 Å². The highest BCUT2D eigenvalue weighted by atomic mass is 16.7. The molecule has 1 aromatic heterocycles. The van der Waals surface area contributed by atoms with Crippen molar-refractivity contribution in [2.24, 2.45) is 0 Å². The van der Waals surface area contributed by atoms with Gasteiger partial charge in [0.25, 0.3) is 0 Å². The zero-order valence-corrected chi connectivity index (χ0v) is 13.4. The van der Waals surface area contributed by atoms with Crippen molar-refractivity contribution in [3.63, 3.8) is 0 Å². The van der Waals surface area contributed by atoms with Crippen molar-refractivity contribution >= 4 is 11.6 Å². The summed E-state index contributed by atoms with van der Waals surface area (Å²) >= 11 is 0. The molecule has 1 rings (SSSR count). The van der Waals surface area contributed by atoms with E-state index in [9.17, 15) is 9.59 Å². The second-order valence-corrected chi connectivity index (χ2v) is 4.67. The lowest BCUT2D eigenvalue weighted by Crippen LogP contribution is -2.29. The first kappa shape index (κ1) is 17.5. The van der Waals surface area contributed by atoms with E-state index in [2.05, 4.69) is 5.10 Å². The third kappa shape index (κ3) is 4.22. The molecule has 0 aliphatic rings. The molecule has 0 bridgehead atoms. The Hall–Kier alpha value is -1.53. The van der Waals surface area contributed by atoms with Crippen LogP contribution in [0.5, 0.6) is 0 Å². The van der Waals surface area contributed by atoms with E-state index in [1.54, 1.807) is 25.5 Å². The number of aromatic nitrogens is 2.